The molecule has 0 aromatic heterocycles. The van der Waals surface area contributed by atoms with E-state index in [4.69, 9.17) is 33.2 Å². The first-order valence-corrected chi connectivity index (χ1v) is 7.60. The van der Waals surface area contributed by atoms with E-state index < -0.39 is 10.4 Å². The minimum absolute atomic E-state index is 0.172. The van der Waals surface area contributed by atoms with Crippen molar-refractivity contribution in [3.63, 3.8) is 0 Å². The van der Waals surface area contributed by atoms with E-state index >= 15 is 0 Å². The number of rotatable bonds is 4. The van der Waals surface area contributed by atoms with E-state index in [9.17, 15) is 0 Å². The van der Waals surface area contributed by atoms with Crippen LogP contribution in [-0.4, -0.2) is 41.5 Å². The highest BCUT2D eigenvalue weighted by atomic mass is 32.3. The van der Waals surface area contributed by atoms with E-state index in [0.29, 0.717) is 0 Å². The molecule has 0 heterocycles. The second kappa shape index (κ2) is 9.74. The Bertz CT molecular complexity index is 641. The number of hydrogen-bond acceptors (Lipinski definition) is 6. The Labute approximate surface area is 134 Å². The van der Waals surface area contributed by atoms with Crippen molar-refractivity contribution in [3.8, 4) is 5.75 Å². The third kappa shape index (κ3) is 11.1. The van der Waals surface area contributed by atoms with E-state index in [0.717, 1.165) is 16.9 Å². The van der Waals surface area contributed by atoms with Gasteiger partial charge in [-0.1, -0.05) is 17.7 Å². The molecule has 11 heteroatoms. The van der Waals surface area contributed by atoms with Crippen LogP contribution in [0.15, 0.2) is 22.3 Å². The molecule has 0 saturated carbocycles. The second-order valence-corrected chi connectivity index (χ2v) is 5.28. The van der Waals surface area contributed by atoms with Gasteiger partial charge < -0.3 is 10.5 Å². The van der Waals surface area contributed by atoms with E-state index in [-0.39, 0.29) is 12.6 Å². The smallest absolute Gasteiger partial charge is 0.394 e. The lowest BCUT2D eigenvalue weighted by molar-refractivity contribution is 0.232. The van der Waals surface area contributed by atoms with Crippen molar-refractivity contribution in [2.75, 3.05) is 6.61 Å². The number of aryl methyl sites for hydroxylation is 3. The van der Waals surface area contributed by atoms with Crippen LogP contribution in [0.1, 0.15) is 16.7 Å². The maximum atomic E-state index is 8.74. The molecular formula is C12H20N4O6S. The topological polar surface area (TPSA) is 167 Å². The molecule has 0 saturated heterocycles. The van der Waals surface area contributed by atoms with Crippen molar-refractivity contribution >= 4 is 22.6 Å². The molecule has 6 N–H and O–H groups in total. The van der Waals surface area contributed by atoms with Crippen molar-refractivity contribution in [3.05, 3.63) is 28.8 Å². The predicted molar refractivity (Wildman–Crippen MR) is 85.4 cm³/mol. The van der Waals surface area contributed by atoms with Gasteiger partial charge in [0.05, 0.1) is 6.21 Å². The highest BCUT2D eigenvalue weighted by Gasteiger charge is 2.03. The largest absolute Gasteiger partial charge is 0.487 e. The summed E-state index contributed by atoms with van der Waals surface area (Å²) in [4.78, 5) is 0. The first-order chi connectivity index (χ1) is 10.5. The van der Waals surface area contributed by atoms with E-state index in [1.165, 1.54) is 11.8 Å². The van der Waals surface area contributed by atoms with Crippen LogP contribution in [0.4, 0.5) is 0 Å². The van der Waals surface area contributed by atoms with E-state index in [2.05, 4.69) is 22.3 Å². The minimum Gasteiger partial charge on any atom is -0.487 e. The summed E-state index contributed by atoms with van der Waals surface area (Å²) in [5.41, 5.74) is 10.2. The Morgan fingerprint density at radius 3 is 2.22 bits per heavy atom. The molecule has 10 nitrogen and oxygen atoms in total. The van der Waals surface area contributed by atoms with Crippen LogP contribution in [0, 0.1) is 20.8 Å². The van der Waals surface area contributed by atoms with Gasteiger partial charge in [-0.2, -0.15) is 13.5 Å². The molecule has 1 rings (SSSR count). The molecule has 0 atom stereocenters. The van der Waals surface area contributed by atoms with Gasteiger partial charge in [0.1, 0.15) is 12.4 Å². The van der Waals surface area contributed by atoms with Crippen molar-refractivity contribution in [1.82, 2.24) is 5.48 Å². The van der Waals surface area contributed by atoms with Gasteiger partial charge in [0.25, 0.3) is 0 Å². The Morgan fingerprint density at radius 1 is 1.30 bits per heavy atom. The molecule has 0 fully saturated rings. The summed E-state index contributed by atoms with van der Waals surface area (Å²) in [6.07, 6.45) is 1.46. The maximum Gasteiger partial charge on any atom is 0.394 e. The zero-order valence-electron chi connectivity index (χ0n) is 12.9. The van der Waals surface area contributed by atoms with Crippen LogP contribution in [-0.2, 0) is 10.4 Å². The molecule has 0 bridgehead atoms. The van der Waals surface area contributed by atoms with Crippen molar-refractivity contribution in [2.45, 2.75) is 20.8 Å². The Balaban J connectivity index is 0.000000841. The summed E-state index contributed by atoms with van der Waals surface area (Å²) in [6.45, 7) is 6.33. The van der Waals surface area contributed by atoms with Gasteiger partial charge in [-0.15, -0.1) is 5.10 Å². The highest BCUT2D eigenvalue weighted by Crippen LogP contribution is 2.24. The number of hydroxylamine groups is 1. The maximum absolute atomic E-state index is 8.74. The lowest BCUT2D eigenvalue weighted by Crippen LogP contribution is -2.27. The minimum atomic E-state index is -4.67. The Kier molecular flexibility index (Phi) is 8.80. The van der Waals surface area contributed by atoms with E-state index in [1.807, 2.05) is 20.8 Å². The summed E-state index contributed by atoms with van der Waals surface area (Å²) >= 11 is 0. The third-order valence-electron chi connectivity index (χ3n) is 2.27. The fraction of sp³-hybridized carbons (Fsp3) is 0.333. The molecule has 0 amide bonds. The molecule has 23 heavy (non-hydrogen) atoms. The number of guanidine groups is 1. The van der Waals surface area contributed by atoms with Gasteiger partial charge in [0, 0.05) is 0 Å². The predicted octanol–water partition coefficient (Wildman–Crippen LogP) is 0.617. The average Bonchev–Trinajstić information content (AvgIpc) is 2.38. The SMILES string of the molecule is Cc1cc(C)c(OC/C=N/N=C(/N)NO)c(C)c1.O=S(=O)(O)O. The van der Waals surface area contributed by atoms with Crippen LogP contribution < -0.4 is 16.0 Å². The monoisotopic (exact) mass is 348 g/mol. The molecule has 0 radical (unpaired) electrons. The average molecular weight is 348 g/mol. The second-order valence-electron chi connectivity index (χ2n) is 4.38. The van der Waals surface area contributed by atoms with Crippen molar-refractivity contribution in [2.24, 2.45) is 15.9 Å². The number of nitrogens with one attached hydrogen (secondary N) is 1. The number of ether oxygens (including phenoxy) is 1. The Hall–Kier alpha value is -2.21. The third-order valence-corrected chi connectivity index (χ3v) is 2.27. The molecule has 0 aliphatic heterocycles. The number of benzene rings is 1. The van der Waals surface area contributed by atoms with Crippen LogP contribution >= 0.6 is 0 Å². The highest BCUT2D eigenvalue weighted by molar-refractivity contribution is 7.79. The lowest BCUT2D eigenvalue weighted by atomic mass is 10.1. The summed E-state index contributed by atoms with van der Waals surface area (Å²) in [6, 6.07) is 4.12. The molecule has 1 aromatic rings. The summed E-state index contributed by atoms with van der Waals surface area (Å²) in [5.74, 6) is 0.679. The van der Waals surface area contributed by atoms with Gasteiger partial charge in [0.2, 0.25) is 5.96 Å². The number of nitrogens with zero attached hydrogens (tertiary/aromatic N) is 2. The van der Waals surface area contributed by atoms with Gasteiger partial charge in [0.15, 0.2) is 0 Å². The Morgan fingerprint density at radius 2 is 1.78 bits per heavy atom. The molecular weight excluding hydrogens is 328 g/mol. The van der Waals surface area contributed by atoms with Gasteiger partial charge in [-0.25, -0.2) is 5.48 Å². The fourth-order valence-corrected chi connectivity index (χ4v) is 1.67. The first-order valence-electron chi connectivity index (χ1n) is 6.20. The van der Waals surface area contributed by atoms with Crippen LogP contribution in [0.5, 0.6) is 5.75 Å². The van der Waals surface area contributed by atoms with Gasteiger partial charge in [-0.05, 0) is 31.9 Å². The standard InChI is InChI=1S/C12H18N4O2.H2O4S/c1-8-6-9(2)11(10(3)7-8)18-5-4-14-15-12(13)16-17;1-5(2,3)4/h4,6-7,17H,5H2,1-3H3,(H3,13,15,16);(H2,1,2,3,4)/b14-4+;. The number of nitrogens with two attached hydrogens (primary N) is 1. The summed E-state index contributed by atoms with van der Waals surface area (Å²) in [5, 5.41) is 15.4. The van der Waals surface area contributed by atoms with E-state index in [1.54, 1.807) is 5.48 Å². The normalized spacial score (nSPS) is 11.8. The van der Waals surface area contributed by atoms with Crippen LogP contribution in [0.3, 0.4) is 0 Å². The molecule has 0 unspecified atom stereocenters. The lowest BCUT2D eigenvalue weighted by Gasteiger charge is -2.11. The van der Waals surface area contributed by atoms with Gasteiger partial charge in [-0.3, -0.25) is 14.3 Å². The molecule has 0 aliphatic carbocycles. The van der Waals surface area contributed by atoms with Crippen LogP contribution in [0.2, 0.25) is 0 Å². The molecule has 0 spiro atoms. The van der Waals surface area contributed by atoms with Gasteiger partial charge >= 0.3 is 10.4 Å². The number of hydrogen-bond donors (Lipinski definition) is 5. The van der Waals surface area contributed by atoms with Crippen molar-refractivity contribution < 1.29 is 27.5 Å². The zero-order chi connectivity index (χ0) is 18.0. The fourth-order valence-electron chi connectivity index (χ4n) is 1.67. The first kappa shape index (κ1) is 20.8. The zero-order valence-corrected chi connectivity index (χ0v) is 13.7. The quantitative estimate of drug-likeness (QED) is 0.228. The molecule has 130 valence electrons. The summed E-state index contributed by atoms with van der Waals surface area (Å²) in [7, 11) is -4.67. The van der Waals surface area contributed by atoms with Crippen molar-refractivity contribution in [1.29, 1.82) is 0 Å². The summed E-state index contributed by atoms with van der Waals surface area (Å²) < 4.78 is 37.2. The molecule has 1 aromatic carbocycles. The van der Waals surface area contributed by atoms with Crippen LogP contribution in [0.25, 0.3) is 0 Å². The molecule has 0 aliphatic rings.